The molecule has 1 saturated carbocycles. The Morgan fingerprint density at radius 2 is 2.04 bits per heavy atom. The topological polar surface area (TPSA) is 95.1 Å². The number of pyridine rings is 1. The molecule has 1 aliphatic rings. The lowest BCUT2D eigenvalue weighted by Gasteiger charge is -2.11. The third-order valence-electron chi connectivity index (χ3n) is 5.04. The molecule has 2 heterocycles. The number of nitrogen functional groups attached to an aromatic ring is 1. The molecule has 1 amide bonds. The molecule has 3 rings (SSSR count). The standard InChI is InChI=1S/C18H27N5O2/c1-10-9-14(10)18(24)20-5-7-25-8-6-23-13(4)22-15-16(23)11(2)12(3)21-17(15)19/h10,14H,5-9H2,1-4H3,(H2,19,21)(H,20,24)/t10-,14-/m1/s1. The molecule has 3 N–H and O–H groups in total. The van der Waals surface area contributed by atoms with Crippen molar-refractivity contribution in [2.45, 2.75) is 40.7 Å². The van der Waals surface area contributed by atoms with Crippen molar-refractivity contribution in [2.24, 2.45) is 11.8 Å². The van der Waals surface area contributed by atoms with Crippen LogP contribution in [0.3, 0.4) is 0 Å². The van der Waals surface area contributed by atoms with E-state index in [0.29, 0.717) is 38.0 Å². The summed E-state index contributed by atoms with van der Waals surface area (Å²) in [5, 5.41) is 2.93. The van der Waals surface area contributed by atoms with E-state index in [2.05, 4.69) is 26.8 Å². The van der Waals surface area contributed by atoms with Gasteiger partial charge in [0.1, 0.15) is 11.3 Å². The summed E-state index contributed by atoms with van der Waals surface area (Å²) < 4.78 is 7.80. The number of carbonyl (C=O) groups is 1. The Morgan fingerprint density at radius 1 is 1.32 bits per heavy atom. The van der Waals surface area contributed by atoms with Crippen LogP contribution in [0.1, 0.15) is 30.4 Å². The second kappa shape index (κ2) is 7.00. The van der Waals surface area contributed by atoms with E-state index in [1.807, 2.05) is 20.8 Å². The first-order valence-electron chi connectivity index (χ1n) is 8.85. The molecule has 0 aliphatic heterocycles. The number of hydrogen-bond donors (Lipinski definition) is 2. The summed E-state index contributed by atoms with van der Waals surface area (Å²) in [6.45, 7) is 10.4. The highest BCUT2D eigenvalue weighted by molar-refractivity contribution is 5.88. The lowest BCUT2D eigenvalue weighted by Crippen LogP contribution is -2.29. The number of aryl methyl sites for hydroxylation is 3. The number of nitrogens with zero attached hydrogens (tertiary/aromatic N) is 3. The minimum absolute atomic E-state index is 0.154. The predicted molar refractivity (Wildman–Crippen MR) is 97.3 cm³/mol. The maximum atomic E-state index is 11.7. The van der Waals surface area contributed by atoms with Gasteiger partial charge in [-0.15, -0.1) is 0 Å². The van der Waals surface area contributed by atoms with Crippen molar-refractivity contribution < 1.29 is 9.53 Å². The summed E-state index contributed by atoms with van der Waals surface area (Å²) in [5.41, 5.74) is 9.81. The number of nitrogens with two attached hydrogens (primary N) is 1. The fourth-order valence-electron chi connectivity index (χ4n) is 3.21. The first kappa shape index (κ1) is 17.7. The number of rotatable bonds is 7. The van der Waals surface area contributed by atoms with E-state index in [-0.39, 0.29) is 11.8 Å². The number of hydrogen-bond acceptors (Lipinski definition) is 5. The molecule has 2 aromatic heterocycles. The Labute approximate surface area is 148 Å². The number of carbonyl (C=O) groups excluding carboxylic acids is 1. The molecule has 1 fully saturated rings. The number of anilines is 1. The highest BCUT2D eigenvalue weighted by atomic mass is 16.5. The van der Waals surface area contributed by atoms with Crippen LogP contribution in [0.15, 0.2) is 0 Å². The van der Waals surface area contributed by atoms with Crippen molar-refractivity contribution in [3.63, 3.8) is 0 Å². The minimum atomic E-state index is 0.154. The van der Waals surface area contributed by atoms with E-state index in [4.69, 9.17) is 10.5 Å². The number of fused-ring (bicyclic) bond motifs is 1. The third kappa shape index (κ3) is 3.61. The smallest absolute Gasteiger partial charge is 0.223 e. The Balaban J connectivity index is 1.53. The van der Waals surface area contributed by atoms with Crippen LogP contribution in [-0.4, -0.2) is 40.2 Å². The van der Waals surface area contributed by atoms with Gasteiger partial charge in [0.05, 0.1) is 18.7 Å². The number of aromatic nitrogens is 3. The van der Waals surface area contributed by atoms with E-state index in [9.17, 15) is 4.79 Å². The maximum Gasteiger partial charge on any atom is 0.223 e. The van der Waals surface area contributed by atoms with Gasteiger partial charge in [-0.25, -0.2) is 9.97 Å². The normalized spacial score (nSPS) is 19.4. The van der Waals surface area contributed by atoms with Crippen LogP contribution in [-0.2, 0) is 16.1 Å². The van der Waals surface area contributed by atoms with Crippen molar-refractivity contribution in [1.82, 2.24) is 19.9 Å². The molecule has 7 heteroatoms. The minimum Gasteiger partial charge on any atom is -0.382 e. The summed E-state index contributed by atoms with van der Waals surface area (Å²) in [6.07, 6.45) is 1.01. The molecule has 2 aromatic rings. The average molecular weight is 345 g/mol. The van der Waals surface area contributed by atoms with Crippen molar-refractivity contribution in [3.8, 4) is 0 Å². The molecule has 0 unspecified atom stereocenters. The van der Waals surface area contributed by atoms with Gasteiger partial charge >= 0.3 is 0 Å². The SMILES string of the molecule is Cc1nc(N)c2nc(C)n(CCOCCNC(=O)[C@@H]3C[C@H]3C)c2c1C. The lowest BCUT2D eigenvalue weighted by molar-refractivity contribution is -0.122. The van der Waals surface area contributed by atoms with Gasteiger partial charge in [0.2, 0.25) is 5.91 Å². The van der Waals surface area contributed by atoms with E-state index in [1.165, 1.54) is 0 Å². The van der Waals surface area contributed by atoms with Crippen molar-refractivity contribution in [3.05, 3.63) is 17.1 Å². The van der Waals surface area contributed by atoms with Crippen LogP contribution < -0.4 is 11.1 Å². The molecule has 0 bridgehead atoms. The van der Waals surface area contributed by atoms with Gasteiger partial charge in [0.25, 0.3) is 0 Å². The van der Waals surface area contributed by atoms with Crippen molar-refractivity contribution >= 4 is 22.8 Å². The fourth-order valence-corrected chi connectivity index (χ4v) is 3.21. The molecule has 7 nitrogen and oxygen atoms in total. The summed E-state index contributed by atoms with van der Waals surface area (Å²) >= 11 is 0. The zero-order valence-corrected chi connectivity index (χ0v) is 15.4. The van der Waals surface area contributed by atoms with Gasteiger partial charge in [0, 0.05) is 24.7 Å². The van der Waals surface area contributed by atoms with Crippen LogP contribution in [0.4, 0.5) is 5.82 Å². The Morgan fingerprint density at radius 3 is 2.72 bits per heavy atom. The van der Waals surface area contributed by atoms with Gasteiger partial charge in [-0.3, -0.25) is 4.79 Å². The molecule has 136 valence electrons. The summed E-state index contributed by atoms with van der Waals surface area (Å²) in [7, 11) is 0. The first-order valence-corrected chi connectivity index (χ1v) is 8.85. The number of ether oxygens (including phenoxy) is 1. The second-order valence-corrected chi connectivity index (χ2v) is 6.94. The van der Waals surface area contributed by atoms with Crippen LogP contribution in [0.5, 0.6) is 0 Å². The largest absolute Gasteiger partial charge is 0.382 e. The number of amides is 1. The highest BCUT2D eigenvalue weighted by Gasteiger charge is 2.38. The van der Waals surface area contributed by atoms with E-state index in [0.717, 1.165) is 34.5 Å². The average Bonchev–Trinajstić information content (AvgIpc) is 3.20. The van der Waals surface area contributed by atoms with E-state index >= 15 is 0 Å². The molecular formula is C18H27N5O2. The summed E-state index contributed by atoms with van der Waals surface area (Å²) in [5.74, 6) is 2.27. The predicted octanol–water partition coefficient (Wildman–Crippen LogP) is 1.73. The van der Waals surface area contributed by atoms with Gasteiger partial charge in [0.15, 0.2) is 5.82 Å². The first-order chi connectivity index (χ1) is 11.9. The van der Waals surface area contributed by atoms with Crippen LogP contribution in [0.25, 0.3) is 11.0 Å². The second-order valence-electron chi connectivity index (χ2n) is 6.94. The quantitative estimate of drug-likeness (QED) is 0.745. The van der Waals surface area contributed by atoms with Crippen LogP contribution in [0.2, 0.25) is 0 Å². The highest BCUT2D eigenvalue weighted by Crippen LogP contribution is 2.37. The zero-order valence-electron chi connectivity index (χ0n) is 15.4. The molecule has 0 saturated heterocycles. The maximum absolute atomic E-state index is 11.7. The Bertz CT molecular complexity index is 799. The van der Waals surface area contributed by atoms with Crippen molar-refractivity contribution in [2.75, 3.05) is 25.5 Å². The van der Waals surface area contributed by atoms with E-state index < -0.39 is 0 Å². The number of imidazole rings is 1. The summed E-state index contributed by atoms with van der Waals surface area (Å²) in [6, 6.07) is 0. The Hall–Kier alpha value is -2.15. The molecule has 0 radical (unpaired) electrons. The lowest BCUT2D eigenvalue weighted by atomic mass is 10.2. The van der Waals surface area contributed by atoms with Gasteiger partial charge in [-0.05, 0) is 38.7 Å². The molecule has 0 aromatic carbocycles. The van der Waals surface area contributed by atoms with Crippen LogP contribution >= 0.6 is 0 Å². The molecule has 0 spiro atoms. The Kier molecular flexibility index (Phi) is 4.94. The van der Waals surface area contributed by atoms with Gasteiger partial charge in [-0.1, -0.05) is 6.92 Å². The molecule has 25 heavy (non-hydrogen) atoms. The third-order valence-corrected chi connectivity index (χ3v) is 5.04. The van der Waals surface area contributed by atoms with Gasteiger partial charge in [-0.2, -0.15) is 0 Å². The monoisotopic (exact) mass is 345 g/mol. The molecule has 2 atom stereocenters. The van der Waals surface area contributed by atoms with E-state index in [1.54, 1.807) is 0 Å². The van der Waals surface area contributed by atoms with Gasteiger partial charge < -0.3 is 20.4 Å². The molecular weight excluding hydrogens is 318 g/mol. The number of nitrogens with one attached hydrogen (secondary N) is 1. The summed E-state index contributed by atoms with van der Waals surface area (Å²) in [4.78, 5) is 20.6. The zero-order chi connectivity index (χ0) is 18.1. The van der Waals surface area contributed by atoms with Crippen LogP contribution in [0, 0.1) is 32.6 Å². The molecule has 1 aliphatic carbocycles. The fraction of sp³-hybridized carbons (Fsp3) is 0.611. The van der Waals surface area contributed by atoms with Crippen molar-refractivity contribution in [1.29, 1.82) is 0 Å².